The molecule has 0 spiro atoms. The smallest absolute Gasteiger partial charge is 0.475 e. The molecule has 0 unspecified atom stereocenters. The van der Waals surface area contributed by atoms with E-state index in [1.165, 1.54) is 17.8 Å². The zero-order valence-corrected chi connectivity index (χ0v) is 18.0. The fourth-order valence-electron chi connectivity index (χ4n) is 3.23. The maximum Gasteiger partial charge on any atom is 0.490 e. The van der Waals surface area contributed by atoms with Crippen molar-refractivity contribution in [3.63, 3.8) is 0 Å². The number of likely N-dealkylation sites (tertiary alicyclic amines) is 1. The number of alkyl halides is 6. The first-order chi connectivity index (χ1) is 14.6. The fourth-order valence-corrected chi connectivity index (χ4v) is 3.97. The van der Waals surface area contributed by atoms with Crippen molar-refractivity contribution in [1.82, 2.24) is 9.80 Å². The molecule has 32 heavy (non-hydrogen) atoms. The van der Waals surface area contributed by atoms with Crippen LogP contribution in [0.5, 0.6) is 0 Å². The van der Waals surface area contributed by atoms with Crippen LogP contribution in [0.15, 0.2) is 17.5 Å². The first-order valence-electron chi connectivity index (χ1n) is 9.24. The summed E-state index contributed by atoms with van der Waals surface area (Å²) >= 11 is 1.86. The lowest BCUT2D eigenvalue weighted by Crippen LogP contribution is -2.29. The number of halogens is 6. The van der Waals surface area contributed by atoms with Crippen molar-refractivity contribution >= 4 is 23.3 Å². The van der Waals surface area contributed by atoms with E-state index >= 15 is 0 Å². The average Bonchev–Trinajstić information content (AvgIpc) is 3.31. The second-order valence-corrected chi connectivity index (χ2v) is 8.47. The van der Waals surface area contributed by atoms with Crippen molar-refractivity contribution in [2.75, 3.05) is 33.7 Å². The fraction of sp³-hybridized carbons (Fsp3) is 0.667. The number of carbonyl (C=O) groups is 2. The lowest BCUT2D eigenvalue weighted by atomic mass is 10.0. The van der Waals surface area contributed by atoms with Crippen LogP contribution in [0.1, 0.15) is 11.3 Å². The van der Waals surface area contributed by atoms with Gasteiger partial charge < -0.3 is 19.8 Å². The third-order valence-corrected chi connectivity index (χ3v) is 5.26. The minimum atomic E-state index is -5.08. The first-order valence-corrected chi connectivity index (χ1v) is 10.1. The Morgan fingerprint density at radius 3 is 2.03 bits per heavy atom. The van der Waals surface area contributed by atoms with Gasteiger partial charge in [0.2, 0.25) is 0 Å². The molecule has 2 aliphatic rings. The quantitative estimate of drug-likeness (QED) is 0.622. The van der Waals surface area contributed by atoms with E-state index in [1.54, 1.807) is 0 Å². The molecule has 2 saturated heterocycles. The third-order valence-electron chi connectivity index (χ3n) is 4.40. The summed E-state index contributed by atoms with van der Waals surface area (Å²) in [5, 5.41) is 16.4. The Kier molecular flexibility index (Phi) is 10.4. The van der Waals surface area contributed by atoms with E-state index in [0.29, 0.717) is 12.2 Å². The topological polar surface area (TPSA) is 90.3 Å². The number of hydrogen-bond donors (Lipinski definition) is 2. The molecule has 3 rings (SSSR count). The maximum atomic E-state index is 10.6. The van der Waals surface area contributed by atoms with Crippen LogP contribution in [-0.2, 0) is 20.9 Å². The van der Waals surface area contributed by atoms with E-state index in [-0.39, 0.29) is 0 Å². The van der Waals surface area contributed by atoms with Crippen molar-refractivity contribution in [2.24, 2.45) is 5.92 Å². The largest absolute Gasteiger partial charge is 0.490 e. The van der Waals surface area contributed by atoms with Crippen LogP contribution in [0.25, 0.3) is 0 Å². The van der Waals surface area contributed by atoms with Crippen LogP contribution in [0.2, 0.25) is 0 Å². The Labute approximate surface area is 184 Å². The molecule has 2 N–H and O–H groups in total. The SMILES string of the molecule is CN(C)C[C@H]1C[C@@H]2CN(Cc3cccs3)C[C@@H]2O1.O=C(O)C(F)(F)F.O=C(O)C(F)(F)F. The summed E-state index contributed by atoms with van der Waals surface area (Å²) in [4.78, 5) is 24.0. The molecule has 0 aliphatic carbocycles. The van der Waals surface area contributed by atoms with Crippen LogP contribution < -0.4 is 0 Å². The average molecular weight is 494 g/mol. The van der Waals surface area contributed by atoms with E-state index in [0.717, 1.165) is 25.6 Å². The molecule has 0 saturated carbocycles. The molecule has 2 aliphatic heterocycles. The normalized spacial score (nSPS) is 23.1. The molecule has 0 radical (unpaired) electrons. The van der Waals surface area contributed by atoms with E-state index in [9.17, 15) is 26.3 Å². The van der Waals surface area contributed by atoms with Crippen LogP contribution in [0.4, 0.5) is 26.3 Å². The van der Waals surface area contributed by atoms with Gasteiger partial charge in [0, 0.05) is 37.0 Å². The zero-order chi connectivity index (χ0) is 24.7. The molecule has 0 aromatic carbocycles. The summed E-state index contributed by atoms with van der Waals surface area (Å²) in [6.07, 6.45) is -7.99. The van der Waals surface area contributed by atoms with Gasteiger partial charge in [0.05, 0.1) is 12.2 Å². The molecule has 2 fully saturated rings. The molecule has 14 heteroatoms. The molecule has 0 bridgehead atoms. The number of nitrogens with zero attached hydrogens (tertiary/aromatic N) is 2. The number of thiophene rings is 1. The summed E-state index contributed by atoms with van der Waals surface area (Å²) < 4.78 is 69.6. The van der Waals surface area contributed by atoms with Gasteiger partial charge >= 0.3 is 24.3 Å². The third kappa shape index (κ3) is 10.1. The lowest BCUT2D eigenvalue weighted by molar-refractivity contribution is -0.193. The summed E-state index contributed by atoms with van der Waals surface area (Å²) in [5.41, 5.74) is 0. The van der Waals surface area contributed by atoms with E-state index < -0.39 is 24.3 Å². The maximum absolute atomic E-state index is 10.6. The van der Waals surface area contributed by atoms with Gasteiger partial charge in [-0.1, -0.05) is 6.07 Å². The Morgan fingerprint density at radius 1 is 1.12 bits per heavy atom. The second kappa shape index (κ2) is 11.8. The van der Waals surface area contributed by atoms with Gasteiger partial charge in [-0.3, -0.25) is 4.90 Å². The molecule has 3 heterocycles. The van der Waals surface area contributed by atoms with Gasteiger partial charge in [0.15, 0.2) is 0 Å². The zero-order valence-electron chi connectivity index (χ0n) is 17.2. The Bertz CT molecular complexity index is 688. The molecule has 1 aromatic heterocycles. The van der Waals surface area contributed by atoms with Gasteiger partial charge in [-0.15, -0.1) is 11.3 Å². The van der Waals surface area contributed by atoms with Crippen molar-refractivity contribution in [2.45, 2.75) is 37.5 Å². The Balaban J connectivity index is 0.000000305. The Morgan fingerprint density at radius 2 is 1.66 bits per heavy atom. The highest BCUT2D eigenvalue weighted by atomic mass is 32.1. The van der Waals surface area contributed by atoms with Gasteiger partial charge in [-0.2, -0.15) is 26.3 Å². The summed E-state index contributed by atoms with van der Waals surface area (Å²) in [6.45, 7) is 4.50. The number of rotatable bonds is 4. The molecular formula is C18H24F6N2O5S. The van der Waals surface area contributed by atoms with Crippen LogP contribution in [0, 0.1) is 5.92 Å². The molecule has 0 amide bonds. The summed E-state index contributed by atoms with van der Waals surface area (Å²) in [6, 6.07) is 4.37. The number of fused-ring (bicyclic) bond motifs is 1. The van der Waals surface area contributed by atoms with E-state index in [2.05, 4.69) is 41.4 Å². The highest BCUT2D eigenvalue weighted by Gasteiger charge is 2.42. The van der Waals surface area contributed by atoms with Crippen molar-refractivity contribution in [3.8, 4) is 0 Å². The van der Waals surface area contributed by atoms with Crippen LogP contribution in [-0.4, -0.2) is 90.2 Å². The van der Waals surface area contributed by atoms with Crippen LogP contribution in [0.3, 0.4) is 0 Å². The van der Waals surface area contributed by atoms with Gasteiger partial charge in [0.1, 0.15) is 0 Å². The predicted octanol–water partition coefficient (Wildman–Crippen LogP) is 3.17. The highest BCUT2D eigenvalue weighted by molar-refractivity contribution is 7.09. The predicted molar refractivity (Wildman–Crippen MR) is 102 cm³/mol. The van der Waals surface area contributed by atoms with Gasteiger partial charge in [-0.25, -0.2) is 9.59 Å². The number of carboxylic acids is 2. The van der Waals surface area contributed by atoms with Gasteiger partial charge in [-0.05, 0) is 32.0 Å². The van der Waals surface area contributed by atoms with Crippen molar-refractivity contribution in [1.29, 1.82) is 0 Å². The number of aliphatic carboxylic acids is 2. The lowest BCUT2D eigenvalue weighted by Gasteiger charge is -2.20. The minimum absolute atomic E-state index is 0.457. The number of carboxylic acid groups (broad SMARTS) is 2. The van der Waals surface area contributed by atoms with Gasteiger partial charge in [0.25, 0.3) is 0 Å². The summed E-state index contributed by atoms with van der Waals surface area (Å²) in [7, 11) is 4.25. The van der Waals surface area contributed by atoms with Crippen LogP contribution >= 0.6 is 11.3 Å². The molecule has 1 aromatic rings. The molecule has 184 valence electrons. The highest BCUT2D eigenvalue weighted by Crippen LogP contribution is 2.34. The summed E-state index contributed by atoms with van der Waals surface area (Å²) in [5.74, 6) is -4.75. The Hall–Kier alpha value is -1.90. The minimum Gasteiger partial charge on any atom is -0.475 e. The van der Waals surface area contributed by atoms with Crippen molar-refractivity contribution < 1.29 is 50.9 Å². The van der Waals surface area contributed by atoms with Crippen molar-refractivity contribution in [3.05, 3.63) is 22.4 Å². The molecule has 3 atom stereocenters. The van der Waals surface area contributed by atoms with E-state index in [1.807, 2.05) is 11.3 Å². The molecular weight excluding hydrogens is 470 g/mol. The number of ether oxygens (including phenoxy) is 1. The van der Waals surface area contributed by atoms with E-state index in [4.69, 9.17) is 24.5 Å². The number of hydrogen-bond acceptors (Lipinski definition) is 6. The molecule has 7 nitrogen and oxygen atoms in total. The first kappa shape index (κ1) is 28.1. The second-order valence-electron chi connectivity index (χ2n) is 7.43. The number of likely N-dealkylation sites (N-methyl/N-ethyl adjacent to an activating group) is 1. The standard InChI is InChI=1S/C14H22N2OS.2C2HF3O2/c1-15(2)8-12-6-11-7-16(10-14(11)17-12)9-13-4-3-5-18-13;2*3-2(4,5)1(6)7/h3-5,11-12,14H,6-10H2,1-2H3;2*(H,6,7)/t11-,12-,14+;;/m1../s1. The monoisotopic (exact) mass is 494 g/mol.